The lowest BCUT2D eigenvalue weighted by Gasteiger charge is -2.38. The minimum absolute atomic E-state index is 0. The predicted molar refractivity (Wildman–Crippen MR) is 139 cm³/mol. The molecule has 5 rings (SSSR count). The number of alkyl halides is 3. The summed E-state index contributed by atoms with van der Waals surface area (Å²) >= 11 is 0. The summed E-state index contributed by atoms with van der Waals surface area (Å²) in [6.45, 7) is 6.87. The molecule has 5 nitrogen and oxygen atoms in total. The van der Waals surface area contributed by atoms with Crippen LogP contribution in [-0.4, -0.2) is 45.9 Å². The minimum atomic E-state index is -4.55. The Morgan fingerprint density at radius 3 is 2.65 bits per heavy atom. The maximum absolute atomic E-state index is 13.5. The second-order valence-electron chi connectivity index (χ2n) is 9.79. The van der Waals surface area contributed by atoms with Crippen molar-refractivity contribution >= 4 is 18.0 Å². The zero-order chi connectivity index (χ0) is 25.3. The smallest absolute Gasteiger partial charge is 0.450 e. The fraction of sp³-hybridized carbons (Fsp3) is 0.393. The number of likely N-dealkylation sites (tertiary alicyclic amines) is 1. The van der Waals surface area contributed by atoms with E-state index < -0.39 is 17.6 Å². The third kappa shape index (κ3) is 6.03. The van der Waals surface area contributed by atoms with Crippen molar-refractivity contribution in [3.63, 3.8) is 0 Å². The standard InChI is InChI=1S/C28H30F3N3O2.ClH/c1-20(2)36-25-10-9-23(34-14-12-32-26(34)28(29,30)31)15-24(25)22-16-27(35-18-22)11-6-13-33(19-27)17-21-7-4-3-5-8-21;/h3-5,7-10,12,14-16,20H,6,11,13,17-19H2,1-2H3;1H. The van der Waals surface area contributed by atoms with Crippen LogP contribution in [0.3, 0.4) is 0 Å². The van der Waals surface area contributed by atoms with E-state index in [1.54, 1.807) is 18.2 Å². The van der Waals surface area contributed by atoms with Gasteiger partial charge in [-0.3, -0.25) is 9.47 Å². The van der Waals surface area contributed by atoms with Gasteiger partial charge in [0, 0.05) is 36.7 Å². The normalized spacial score (nSPS) is 20.2. The molecule has 37 heavy (non-hydrogen) atoms. The van der Waals surface area contributed by atoms with Gasteiger partial charge in [0.15, 0.2) is 0 Å². The van der Waals surface area contributed by atoms with Crippen LogP contribution in [0, 0.1) is 0 Å². The molecule has 0 aliphatic carbocycles. The molecule has 0 saturated carbocycles. The molecule has 1 aromatic heterocycles. The van der Waals surface area contributed by atoms with Gasteiger partial charge in [-0.1, -0.05) is 30.3 Å². The summed E-state index contributed by atoms with van der Waals surface area (Å²) < 4.78 is 54.0. The number of benzene rings is 2. The van der Waals surface area contributed by atoms with Crippen molar-refractivity contribution in [1.29, 1.82) is 0 Å². The van der Waals surface area contributed by atoms with E-state index in [2.05, 4.69) is 28.1 Å². The number of imidazole rings is 1. The number of hydrogen-bond donors (Lipinski definition) is 0. The molecule has 1 spiro atoms. The lowest BCUT2D eigenvalue weighted by molar-refractivity contribution is -0.145. The van der Waals surface area contributed by atoms with Crippen molar-refractivity contribution in [2.45, 2.75) is 51.1 Å². The molecule has 198 valence electrons. The highest BCUT2D eigenvalue weighted by Gasteiger charge is 2.40. The number of rotatable bonds is 6. The van der Waals surface area contributed by atoms with Gasteiger partial charge in [-0.15, -0.1) is 12.4 Å². The van der Waals surface area contributed by atoms with Gasteiger partial charge in [-0.2, -0.15) is 13.2 Å². The van der Waals surface area contributed by atoms with E-state index in [1.165, 1.54) is 11.8 Å². The van der Waals surface area contributed by atoms with E-state index in [-0.39, 0.29) is 18.5 Å². The Labute approximate surface area is 221 Å². The van der Waals surface area contributed by atoms with Crippen LogP contribution in [0.2, 0.25) is 0 Å². The van der Waals surface area contributed by atoms with Crippen LogP contribution in [0.15, 0.2) is 67.0 Å². The molecule has 9 heteroatoms. The number of ether oxygens (including phenoxy) is 2. The van der Waals surface area contributed by atoms with Crippen LogP contribution in [-0.2, 0) is 17.5 Å². The minimum Gasteiger partial charge on any atom is -0.490 e. The molecule has 1 unspecified atom stereocenters. The maximum atomic E-state index is 13.5. The summed E-state index contributed by atoms with van der Waals surface area (Å²) in [6, 6.07) is 15.5. The Morgan fingerprint density at radius 2 is 1.92 bits per heavy atom. The van der Waals surface area contributed by atoms with Gasteiger partial charge in [-0.05, 0) is 68.6 Å². The average molecular weight is 534 g/mol. The molecule has 0 N–H and O–H groups in total. The van der Waals surface area contributed by atoms with E-state index in [1.807, 2.05) is 32.0 Å². The summed E-state index contributed by atoms with van der Waals surface area (Å²) in [7, 11) is 0. The molecule has 2 aliphatic rings. The van der Waals surface area contributed by atoms with Gasteiger partial charge in [0.05, 0.1) is 12.7 Å². The van der Waals surface area contributed by atoms with Crippen molar-refractivity contribution < 1.29 is 22.6 Å². The highest BCUT2D eigenvalue weighted by Crippen LogP contribution is 2.40. The topological polar surface area (TPSA) is 39.5 Å². The Morgan fingerprint density at radius 1 is 1.14 bits per heavy atom. The summed E-state index contributed by atoms with van der Waals surface area (Å²) in [5.41, 5.74) is 2.90. The third-order valence-corrected chi connectivity index (χ3v) is 6.61. The number of halogens is 4. The highest BCUT2D eigenvalue weighted by atomic mass is 35.5. The first kappa shape index (κ1) is 27.2. The molecule has 0 radical (unpaired) electrons. The van der Waals surface area contributed by atoms with Gasteiger partial charge in [0.25, 0.3) is 0 Å². The average Bonchev–Trinajstić information content (AvgIpc) is 3.48. The number of nitrogens with zero attached hydrogens (tertiary/aromatic N) is 3. The van der Waals surface area contributed by atoms with E-state index in [0.717, 1.165) is 54.4 Å². The fourth-order valence-electron chi connectivity index (χ4n) is 5.13. The number of aromatic nitrogens is 2. The van der Waals surface area contributed by atoms with Crippen molar-refractivity contribution in [2.75, 3.05) is 19.7 Å². The molecule has 1 saturated heterocycles. The molecular formula is C28H31ClF3N3O2. The highest BCUT2D eigenvalue weighted by molar-refractivity contribution is 5.85. The summed E-state index contributed by atoms with van der Waals surface area (Å²) in [6.07, 6.45) is 1.93. The molecule has 2 aliphatic heterocycles. The number of hydrogen-bond acceptors (Lipinski definition) is 4. The van der Waals surface area contributed by atoms with Crippen LogP contribution in [0.25, 0.3) is 11.3 Å². The van der Waals surface area contributed by atoms with Gasteiger partial charge in [0.2, 0.25) is 5.82 Å². The third-order valence-electron chi connectivity index (χ3n) is 6.61. The predicted octanol–water partition coefficient (Wildman–Crippen LogP) is 6.55. The Balaban J connectivity index is 0.00000320. The molecular weight excluding hydrogens is 503 g/mol. The Kier molecular flexibility index (Phi) is 8.02. The lowest BCUT2D eigenvalue weighted by Crippen LogP contribution is -2.46. The molecule has 2 aromatic carbocycles. The fourth-order valence-corrected chi connectivity index (χ4v) is 5.13. The molecule has 3 heterocycles. The second kappa shape index (κ2) is 10.9. The summed E-state index contributed by atoms with van der Waals surface area (Å²) in [5, 5.41) is 0. The van der Waals surface area contributed by atoms with E-state index in [9.17, 15) is 13.2 Å². The Hall–Kier alpha value is -2.81. The van der Waals surface area contributed by atoms with Crippen molar-refractivity contribution in [3.8, 4) is 11.4 Å². The lowest BCUT2D eigenvalue weighted by atomic mass is 9.90. The van der Waals surface area contributed by atoms with Crippen molar-refractivity contribution in [2.24, 2.45) is 0 Å². The van der Waals surface area contributed by atoms with Gasteiger partial charge >= 0.3 is 6.18 Å². The molecule has 1 atom stereocenters. The zero-order valence-corrected chi connectivity index (χ0v) is 21.7. The first-order valence-electron chi connectivity index (χ1n) is 12.3. The van der Waals surface area contributed by atoms with Gasteiger partial charge < -0.3 is 9.47 Å². The van der Waals surface area contributed by atoms with Crippen LogP contribution < -0.4 is 4.74 Å². The molecule has 3 aromatic rings. The largest absolute Gasteiger partial charge is 0.490 e. The van der Waals surface area contributed by atoms with E-state index >= 15 is 0 Å². The first-order chi connectivity index (χ1) is 17.2. The van der Waals surface area contributed by atoms with Crippen molar-refractivity contribution in [1.82, 2.24) is 14.5 Å². The van der Waals surface area contributed by atoms with Crippen molar-refractivity contribution in [3.05, 3.63) is 84.0 Å². The molecule has 0 bridgehead atoms. The zero-order valence-electron chi connectivity index (χ0n) is 20.9. The maximum Gasteiger partial charge on any atom is 0.450 e. The van der Waals surface area contributed by atoms with Gasteiger partial charge in [0.1, 0.15) is 11.4 Å². The van der Waals surface area contributed by atoms with E-state index in [0.29, 0.717) is 18.0 Å². The summed E-state index contributed by atoms with van der Waals surface area (Å²) in [5.74, 6) is -0.325. The quantitative estimate of drug-likeness (QED) is 0.360. The first-order valence-corrected chi connectivity index (χ1v) is 12.3. The number of piperidine rings is 1. The SMILES string of the molecule is CC(C)Oc1ccc(-n2ccnc2C(F)(F)F)cc1C1=CC2(CCCN(Cc3ccccc3)C2)OC1.Cl. The second-order valence-corrected chi connectivity index (χ2v) is 9.79. The molecule has 1 fully saturated rings. The van der Waals surface area contributed by atoms with Gasteiger partial charge in [-0.25, -0.2) is 4.98 Å². The monoisotopic (exact) mass is 533 g/mol. The van der Waals surface area contributed by atoms with Crippen LogP contribution in [0.4, 0.5) is 13.2 Å². The Bertz CT molecular complexity index is 1240. The van der Waals surface area contributed by atoms with Crippen LogP contribution >= 0.6 is 12.4 Å². The van der Waals surface area contributed by atoms with E-state index in [4.69, 9.17) is 9.47 Å². The summed E-state index contributed by atoms with van der Waals surface area (Å²) in [4.78, 5) is 5.94. The van der Waals surface area contributed by atoms with Crippen LogP contribution in [0.1, 0.15) is 43.6 Å². The molecule has 0 amide bonds. The van der Waals surface area contributed by atoms with Crippen LogP contribution in [0.5, 0.6) is 5.75 Å².